The van der Waals surface area contributed by atoms with Crippen molar-refractivity contribution < 1.29 is 14.3 Å². The SMILES string of the molecule is Cn1cc2c(n1)N(C(=O)c1ccccc1)CC[C@@H]2NC(=O)[C@@H]1CCCO1. The summed E-state index contributed by atoms with van der Waals surface area (Å²) < 4.78 is 7.16. The number of hydrogen-bond donors (Lipinski definition) is 1. The number of amides is 2. The van der Waals surface area contributed by atoms with Gasteiger partial charge in [0.05, 0.1) is 6.04 Å². The highest BCUT2D eigenvalue weighted by molar-refractivity contribution is 6.06. The molecule has 1 fully saturated rings. The van der Waals surface area contributed by atoms with Crippen molar-refractivity contribution in [2.45, 2.75) is 31.4 Å². The number of ether oxygens (including phenoxy) is 1. The van der Waals surface area contributed by atoms with Gasteiger partial charge < -0.3 is 10.1 Å². The summed E-state index contributed by atoms with van der Waals surface area (Å²) in [4.78, 5) is 27.0. The van der Waals surface area contributed by atoms with E-state index >= 15 is 0 Å². The fourth-order valence-corrected chi connectivity index (χ4v) is 3.60. The second kappa shape index (κ2) is 6.92. The number of aryl methyl sites for hydroxylation is 1. The molecular weight excluding hydrogens is 332 g/mol. The molecule has 2 aromatic rings. The van der Waals surface area contributed by atoms with E-state index in [0.717, 1.165) is 18.4 Å². The normalized spacial score (nSPS) is 22.1. The van der Waals surface area contributed by atoms with Crippen LogP contribution in [0.2, 0.25) is 0 Å². The minimum absolute atomic E-state index is 0.0746. The van der Waals surface area contributed by atoms with E-state index in [1.54, 1.807) is 21.7 Å². The number of carbonyl (C=O) groups is 2. The summed E-state index contributed by atoms with van der Waals surface area (Å²) in [5.74, 6) is 0.463. The van der Waals surface area contributed by atoms with Crippen molar-refractivity contribution >= 4 is 17.6 Å². The molecule has 2 aliphatic rings. The van der Waals surface area contributed by atoms with Crippen molar-refractivity contribution in [2.75, 3.05) is 18.1 Å². The Bertz CT molecular complexity index is 811. The summed E-state index contributed by atoms with van der Waals surface area (Å²) in [6.45, 7) is 1.15. The number of fused-ring (bicyclic) bond motifs is 1. The van der Waals surface area contributed by atoms with E-state index in [9.17, 15) is 9.59 Å². The molecule has 2 atom stereocenters. The smallest absolute Gasteiger partial charge is 0.259 e. The number of benzene rings is 1. The lowest BCUT2D eigenvalue weighted by atomic mass is 10.00. The molecule has 3 heterocycles. The van der Waals surface area contributed by atoms with Gasteiger partial charge in [-0.1, -0.05) is 18.2 Å². The monoisotopic (exact) mass is 354 g/mol. The molecule has 0 aliphatic carbocycles. The Morgan fingerprint density at radius 2 is 2.04 bits per heavy atom. The lowest BCUT2D eigenvalue weighted by Gasteiger charge is -2.31. The zero-order valence-electron chi connectivity index (χ0n) is 14.7. The van der Waals surface area contributed by atoms with Gasteiger partial charge in [-0.25, -0.2) is 0 Å². The molecule has 7 heteroatoms. The highest BCUT2D eigenvalue weighted by Crippen LogP contribution is 2.33. The largest absolute Gasteiger partial charge is 0.368 e. The van der Waals surface area contributed by atoms with Crippen LogP contribution in [0.5, 0.6) is 0 Å². The van der Waals surface area contributed by atoms with Crippen molar-refractivity contribution in [1.29, 1.82) is 0 Å². The Morgan fingerprint density at radius 3 is 2.77 bits per heavy atom. The molecule has 2 aliphatic heterocycles. The quantitative estimate of drug-likeness (QED) is 0.912. The zero-order valence-corrected chi connectivity index (χ0v) is 14.7. The van der Waals surface area contributed by atoms with Crippen molar-refractivity contribution in [2.24, 2.45) is 7.05 Å². The van der Waals surface area contributed by atoms with Crippen LogP contribution >= 0.6 is 0 Å². The number of nitrogens with one attached hydrogen (secondary N) is 1. The average Bonchev–Trinajstić information content (AvgIpc) is 3.31. The van der Waals surface area contributed by atoms with Gasteiger partial charge in [0.1, 0.15) is 6.10 Å². The van der Waals surface area contributed by atoms with Crippen molar-refractivity contribution in [3.63, 3.8) is 0 Å². The van der Waals surface area contributed by atoms with Crippen molar-refractivity contribution in [3.05, 3.63) is 47.7 Å². The standard InChI is InChI=1S/C19H22N4O3/c1-22-12-14-15(20-18(24)16-8-5-11-26-16)9-10-23(17(14)21-22)19(25)13-6-3-2-4-7-13/h2-4,6-7,12,15-16H,5,8-11H2,1H3,(H,20,24)/t15-,16-/m0/s1. The molecule has 0 bridgehead atoms. The van der Waals surface area contributed by atoms with Crippen LogP contribution in [0.25, 0.3) is 0 Å². The number of nitrogens with zero attached hydrogens (tertiary/aromatic N) is 3. The Morgan fingerprint density at radius 1 is 1.23 bits per heavy atom. The van der Waals surface area contributed by atoms with Gasteiger partial charge in [-0.2, -0.15) is 5.10 Å². The first kappa shape index (κ1) is 16.8. The van der Waals surface area contributed by atoms with E-state index in [0.29, 0.717) is 31.0 Å². The summed E-state index contributed by atoms with van der Waals surface area (Å²) in [6.07, 6.45) is 3.84. The summed E-state index contributed by atoms with van der Waals surface area (Å²) in [6, 6.07) is 9.03. The van der Waals surface area contributed by atoms with Gasteiger partial charge in [-0.05, 0) is 31.4 Å². The molecule has 0 saturated carbocycles. The molecule has 1 saturated heterocycles. The topological polar surface area (TPSA) is 76.5 Å². The molecule has 1 aromatic heterocycles. The van der Waals surface area contributed by atoms with Gasteiger partial charge in [-0.15, -0.1) is 0 Å². The molecule has 1 aromatic carbocycles. The first-order chi connectivity index (χ1) is 12.6. The molecule has 7 nitrogen and oxygen atoms in total. The minimum atomic E-state index is -0.362. The van der Waals surface area contributed by atoms with Crippen LogP contribution in [-0.4, -0.2) is 40.9 Å². The van der Waals surface area contributed by atoms with Gasteiger partial charge in [0.25, 0.3) is 5.91 Å². The molecule has 1 N–H and O–H groups in total. The first-order valence-electron chi connectivity index (χ1n) is 8.96. The lowest BCUT2D eigenvalue weighted by Crippen LogP contribution is -2.43. The van der Waals surface area contributed by atoms with Gasteiger partial charge in [0.2, 0.25) is 5.91 Å². The van der Waals surface area contributed by atoms with Gasteiger partial charge >= 0.3 is 0 Å². The van der Waals surface area contributed by atoms with E-state index < -0.39 is 0 Å². The summed E-state index contributed by atoms with van der Waals surface area (Å²) >= 11 is 0. The van der Waals surface area contributed by atoms with Gasteiger partial charge in [0, 0.05) is 37.5 Å². The van der Waals surface area contributed by atoms with Crippen LogP contribution in [0.4, 0.5) is 5.82 Å². The second-order valence-corrected chi connectivity index (χ2v) is 6.76. The average molecular weight is 354 g/mol. The van der Waals surface area contributed by atoms with Crippen molar-refractivity contribution in [3.8, 4) is 0 Å². The van der Waals surface area contributed by atoms with E-state index in [1.165, 1.54) is 0 Å². The third kappa shape index (κ3) is 3.10. The Balaban J connectivity index is 1.57. The number of anilines is 1. The predicted octanol–water partition coefficient (Wildman–Crippen LogP) is 1.81. The van der Waals surface area contributed by atoms with Crippen LogP contribution in [0.15, 0.2) is 36.5 Å². The van der Waals surface area contributed by atoms with Gasteiger partial charge in [0.15, 0.2) is 5.82 Å². The van der Waals surface area contributed by atoms with Crippen LogP contribution < -0.4 is 10.2 Å². The number of rotatable bonds is 3. The lowest BCUT2D eigenvalue weighted by molar-refractivity contribution is -0.130. The van der Waals surface area contributed by atoms with E-state index in [1.807, 2.05) is 31.4 Å². The second-order valence-electron chi connectivity index (χ2n) is 6.76. The van der Waals surface area contributed by atoms with Crippen LogP contribution in [0.1, 0.15) is 41.2 Å². The van der Waals surface area contributed by atoms with Crippen molar-refractivity contribution in [1.82, 2.24) is 15.1 Å². The maximum absolute atomic E-state index is 12.9. The van der Waals surface area contributed by atoms with Gasteiger partial charge in [-0.3, -0.25) is 19.2 Å². The van der Waals surface area contributed by atoms with E-state index in [4.69, 9.17) is 4.74 Å². The maximum Gasteiger partial charge on any atom is 0.259 e. The summed E-state index contributed by atoms with van der Waals surface area (Å²) in [5, 5.41) is 7.55. The minimum Gasteiger partial charge on any atom is -0.368 e. The molecule has 0 spiro atoms. The number of hydrogen-bond acceptors (Lipinski definition) is 4. The highest BCUT2D eigenvalue weighted by Gasteiger charge is 2.34. The predicted molar refractivity (Wildman–Crippen MR) is 95.8 cm³/mol. The van der Waals surface area contributed by atoms with E-state index in [-0.39, 0.29) is 24.0 Å². The molecular formula is C19H22N4O3. The molecule has 2 amide bonds. The molecule has 4 rings (SSSR count). The fourth-order valence-electron chi connectivity index (χ4n) is 3.60. The molecule has 136 valence electrons. The first-order valence-corrected chi connectivity index (χ1v) is 8.96. The van der Waals surface area contributed by atoms with Crippen LogP contribution in [0, 0.1) is 0 Å². The number of aromatic nitrogens is 2. The molecule has 0 unspecified atom stereocenters. The molecule has 26 heavy (non-hydrogen) atoms. The highest BCUT2D eigenvalue weighted by atomic mass is 16.5. The Labute approximate surface area is 151 Å². The zero-order chi connectivity index (χ0) is 18.1. The molecule has 0 radical (unpaired) electrons. The number of carbonyl (C=O) groups excluding carboxylic acids is 2. The summed E-state index contributed by atoms with van der Waals surface area (Å²) in [5.41, 5.74) is 1.50. The fraction of sp³-hybridized carbons (Fsp3) is 0.421. The third-order valence-corrected chi connectivity index (χ3v) is 4.91. The maximum atomic E-state index is 12.9. The van der Waals surface area contributed by atoms with Crippen LogP contribution in [0.3, 0.4) is 0 Å². The Kier molecular flexibility index (Phi) is 4.46. The third-order valence-electron chi connectivity index (χ3n) is 4.91. The van der Waals surface area contributed by atoms with E-state index in [2.05, 4.69) is 10.4 Å². The summed E-state index contributed by atoms with van der Waals surface area (Å²) in [7, 11) is 1.82. The Hall–Kier alpha value is -2.67. The van der Waals surface area contributed by atoms with Crippen LogP contribution in [-0.2, 0) is 16.6 Å².